The first-order valence-electron chi connectivity index (χ1n) is 5.02. The maximum Gasteiger partial charge on any atom is 0.416 e. The number of anilines is 1. The zero-order valence-electron chi connectivity index (χ0n) is 9.23. The van der Waals surface area contributed by atoms with E-state index in [-0.39, 0.29) is 11.3 Å². The number of carbonyl (C=O) groups is 2. The van der Waals surface area contributed by atoms with Crippen LogP contribution in [0.15, 0.2) is 30.4 Å². The fraction of sp³-hybridized carbons (Fsp3) is 0.0833. The molecule has 0 spiro atoms. The van der Waals surface area contributed by atoms with Gasteiger partial charge in [0, 0.05) is 12.2 Å². The van der Waals surface area contributed by atoms with Gasteiger partial charge >= 0.3 is 6.18 Å². The van der Waals surface area contributed by atoms with Crippen molar-refractivity contribution in [3.05, 3.63) is 41.5 Å². The zero-order chi connectivity index (χ0) is 14.2. The molecule has 1 aromatic carbocycles. The molecule has 0 fully saturated rings. The summed E-state index contributed by atoms with van der Waals surface area (Å²) in [6.07, 6.45) is -2.62. The third kappa shape index (κ3) is 2.20. The van der Waals surface area contributed by atoms with Crippen molar-refractivity contribution in [2.45, 2.75) is 6.18 Å². The van der Waals surface area contributed by atoms with Crippen LogP contribution in [0.4, 0.5) is 18.9 Å². The van der Waals surface area contributed by atoms with Gasteiger partial charge < -0.3 is 0 Å². The van der Waals surface area contributed by atoms with Crippen molar-refractivity contribution in [3.8, 4) is 6.07 Å². The summed E-state index contributed by atoms with van der Waals surface area (Å²) in [5.41, 5.74) is -1.56. The lowest BCUT2D eigenvalue weighted by Gasteiger charge is -2.16. The summed E-state index contributed by atoms with van der Waals surface area (Å²) in [4.78, 5) is 23.5. The highest BCUT2D eigenvalue weighted by Gasteiger charge is 2.33. The van der Waals surface area contributed by atoms with E-state index in [9.17, 15) is 22.8 Å². The minimum absolute atomic E-state index is 0.157. The first-order valence-corrected chi connectivity index (χ1v) is 5.02. The minimum atomic E-state index is -4.60. The van der Waals surface area contributed by atoms with Crippen molar-refractivity contribution in [1.82, 2.24) is 0 Å². The van der Waals surface area contributed by atoms with E-state index in [4.69, 9.17) is 5.26 Å². The smallest absolute Gasteiger partial charge is 0.269 e. The SMILES string of the molecule is N#Cc1cc(C(F)(F)F)ccc1N1C(=O)C=CC1=O. The predicted octanol–water partition coefficient (Wildman–Crippen LogP) is 2.01. The van der Waals surface area contributed by atoms with Gasteiger partial charge in [0.15, 0.2) is 0 Å². The lowest BCUT2D eigenvalue weighted by Crippen LogP contribution is -2.30. The average molecular weight is 266 g/mol. The minimum Gasteiger partial charge on any atom is -0.269 e. The Bertz CT molecular complexity index is 623. The van der Waals surface area contributed by atoms with Gasteiger partial charge in [-0.25, -0.2) is 4.90 Å². The molecule has 2 rings (SSSR count). The highest BCUT2D eigenvalue weighted by molar-refractivity contribution is 6.28. The second-order valence-corrected chi connectivity index (χ2v) is 3.69. The third-order valence-corrected chi connectivity index (χ3v) is 2.49. The van der Waals surface area contributed by atoms with Gasteiger partial charge in [-0.1, -0.05) is 0 Å². The largest absolute Gasteiger partial charge is 0.416 e. The van der Waals surface area contributed by atoms with E-state index >= 15 is 0 Å². The Hall–Kier alpha value is -2.62. The first-order chi connectivity index (χ1) is 8.84. The van der Waals surface area contributed by atoms with Gasteiger partial charge in [-0.05, 0) is 18.2 Å². The fourth-order valence-electron chi connectivity index (χ4n) is 1.63. The van der Waals surface area contributed by atoms with Gasteiger partial charge in [0.05, 0.1) is 16.8 Å². The number of amides is 2. The van der Waals surface area contributed by atoms with Gasteiger partial charge in [-0.2, -0.15) is 18.4 Å². The van der Waals surface area contributed by atoms with Crippen LogP contribution in [0.2, 0.25) is 0 Å². The van der Waals surface area contributed by atoms with Crippen LogP contribution in [-0.2, 0) is 15.8 Å². The van der Waals surface area contributed by atoms with Crippen molar-refractivity contribution in [2.75, 3.05) is 4.90 Å². The summed E-state index contributed by atoms with van der Waals surface area (Å²) in [6, 6.07) is 3.81. The fourth-order valence-corrected chi connectivity index (χ4v) is 1.63. The third-order valence-electron chi connectivity index (χ3n) is 2.49. The van der Waals surface area contributed by atoms with Crippen LogP contribution >= 0.6 is 0 Å². The van der Waals surface area contributed by atoms with Crippen LogP contribution in [0.5, 0.6) is 0 Å². The topological polar surface area (TPSA) is 61.2 Å². The highest BCUT2D eigenvalue weighted by Crippen LogP contribution is 2.33. The van der Waals surface area contributed by atoms with Crippen LogP contribution in [0.25, 0.3) is 0 Å². The van der Waals surface area contributed by atoms with E-state index in [0.717, 1.165) is 24.3 Å². The van der Waals surface area contributed by atoms with Crippen molar-refractivity contribution in [3.63, 3.8) is 0 Å². The van der Waals surface area contributed by atoms with Gasteiger partial charge in [0.2, 0.25) is 0 Å². The van der Waals surface area contributed by atoms with Crippen LogP contribution < -0.4 is 4.90 Å². The lowest BCUT2D eigenvalue weighted by atomic mass is 10.1. The summed E-state index contributed by atoms with van der Waals surface area (Å²) < 4.78 is 37.5. The first kappa shape index (κ1) is 12.8. The Balaban J connectivity index is 2.52. The quantitative estimate of drug-likeness (QED) is 0.730. The molecule has 0 saturated heterocycles. The van der Waals surface area contributed by atoms with Crippen molar-refractivity contribution >= 4 is 17.5 Å². The Labute approximate surface area is 105 Å². The molecule has 1 heterocycles. The second-order valence-electron chi connectivity index (χ2n) is 3.69. The van der Waals surface area contributed by atoms with E-state index in [2.05, 4.69) is 0 Å². The van der Waals surface area contributed by atoms with Crippen molar-refractivity contribution < 1.29 is 22.8 Å². The van der Waals surface area contributed by atoms with Crippen molar-refractivity contribution in [2.24, 2.45) is 0 Å². The van der Waals surface area contributed by atoms with Crippen LogP contribution in [0.3, 0.4) is 0 Å². The van der Waals surface area contributed by atoms with E-state index in [0.29, 0.717) is 11.0 Å². The second kappa shape index (κ2) is 4.24. The molecule has 96 valence electrons. The zero-order valence-corrected chi connectivity index (χ0v) is 9.23. The van der Waals surface area contributed by atoms with Crippen LogP contribution in [-0.4, -0.2) is 11.8 Å². The molecule has 0 radical (unpaired) electrons. The number of nitriles is 1. The summed E-state index contributed by atoms with van der Waals surface area (Å²) in [6.45, 7) is 0. The van der Waals surface area contributed by atoms with Gasteiger partial charge in [0.1, 0.15) is 6.07 Å². The van der Waals surface area contributed by atoms with Crippen LogP contribution in [0, 0.1) is 11.3 Å². The summed E-state index contributed by atoms with van der Waals surface area (Å²) in [7, 11) is 0. The average Bonchev–Trinajstić information content (AvgIpc) is 2.67. The van der Waals surface area contributed by atoms with Gasteiger partial charge in [0.25, 0.3) is 11.8 Å². The standard InChI is InChI=1S/C12H5F3N2O2/c13-12(14,15)8-1-2-9(7(5-8)6-16)17-10(18)3-4-11(17)19/h1-5H. The number of benzene rings is 1. The molecule has 0 aliphatic carbocycles. The Kier molecular flexibility index (Phi) is 2.86. The Morgan fingerprint density at radius 1 is 1.11 bits per heavy atom. The molecule has 19 heavy (non-hydrogen) atoms. The molecule has 0 aromatic heterocycles. The maximum atomic E-state index is 12.5. The molecular weight excluding hydrogens is 261 g/mol. The molecular formula is C12H5F3N2O2. The van der Waals surface area contributed by atoms with E-state index in [1.165, 1.54) is 0 Å². The monoisotopic (exact) mass is 266 g/mol. The number of nitrogens with zero attached hydrogens (tertiary/aromatic N) is 2. The molecule has 2 amide bonds. The molecule has 0 unspecified atom stereocenters. The number of hydrogen-bond donors (Lipinski definition) is 0. The molecule has 7 heteroatoms. The molecule has 1 aliphatic rings. The van der Waals surface area contributed by atoms with Crippen molar-refractivity contribution in [1.29, 1.82) is 5.26 Å². The van der Waals surface area contributed by atoms with Gasteiger partial charge in [-0.15, -0.1) is 0 Å². The van der Waals surface area contributed by atoms with E-state index in [1.54, 1.807) is 6.07 Å². The molecule has 0 atom stereocenters. The summed E-state index contributed by atoms with van der Waals surface area (Å²) in [5, 5.41) is 8.85. The number of alkyl halides is 3. The molecule has 0 saturated carbocycles. The van der Waals surface area contributed by atoms with Gasteiger partial charge in [-0.3, -0.25) is 9.59 Å². The Morgan fingerprint density at radius 2 is 1.68 bits per heavy atom. The molecule has 1 aromatic rings. The van der Waals surface area contributed by atoms with Crippen LogP contribution in [0.1, 0.15) is 11.1 Å². The number of rotatable bonds is 1. The maximum absolute atomic E-state index is 12.5. The number of carbonyl (C=O) groups excluding carboxylic acids is 2. The normalized spacial score (nSPS) is 14.9. The Morgan fingerprint density at radius 3 is 2.16 bits per heavy atom. The number of hydrogen-bond acceptors (Lipinski definition) is 3. The van der Waals surface area contributed by atoms with E-state index < -0.39 is 23.6 Å². The summed E-state index contributed by atoms with van der Waals surface area (Å²) in [5.74, 6) is -1.39. The highest BCUT2D eigenvalue weighted by atomic mass is 19.4. The predicted molar refractivity (Wildman–Crippen MR) is 57.8 cm³/mol. The molecule has 0 N–H and O–H groups in total. The molecule has 0 bridgehead atoms. The van der Waals surface area contributed by atoms with E-state index in [1.807, 2.05) is 0 Å². The number of imide groups is 1. The number of halogens is 3. The summed E-state index contributed by atoms with van der Waals surface area (Å²) >= 11 is 0. The molecule has 4 nitrogen and oxygen atoms in total. The lowest BCUT2D eigenvalue weighted by molar-refractivity contribution is -0.137. The molecule has 1 aliphatic heterocycles.